The van der Waals surface area contributed by atoms with E-state index in [0.717, 1.165) is 13.8 Å². The molecule has 15 N–H and O–H groups in total. The number of carboxylic acids is 1. The molecule has 0 aliphatic carbocycles. The van der Waals surface area contributed by atoms with Gasteiger partial charge in [-0.1, -0.05) is 0 Å². The summed E-state index contributed by atoms with van der Waals surface area (Å²) in [6.07, 6.45) is -41.5. The molecule has 5 heterocycles. The number of amides is 2. The molecule has 0 aromatic rings. The Hall–Kier alpha value is -2.51. The van der Waals surface area contributed by atoms with Crippen molar-refractivity contribution in [1.82, 2.24) is 10.6 Å². The molecule has 5 aliphatic rings. The summed E-state index contributed by atoms with van der Waals surface area (Å²) in [7, 11) is 0. The van der Waals surface area contributed by atoms with Gasteiger partial charge in [-0.25, -0.2) is 0 Å². The highest BCUT2D eigenvalue weighted by atomic mass is 16.8. The molecule has 29 heteroatoms. The van der Waals surface area contributed by atoms with Gasteiger partial charge in [-0.2, -0.15) is 0 Å². The van der Waals surface area contributed by atoms with Crippen molar-refractivity contribution in [2.24, 2.45) is 0 Å². The molecule has 25 atom stereocenters. The van der Waals surface area contributed by atoms with Gasteiger partial charge in [0.15, 0.2) is 25.2 Å². The van der Waals surface area contributed by atoms with Crippen LogP contribution in [0.15, 0.2) is 0 Å². The van der Waals surface area contributed by atoms with Crippen LogP contribution in [0.3, 0.4) is 0 Å². The minimum atomic E-state index is -3.27. The van der Waals surface area contributed by atoms with E-state index in [2.05, 4.69) is 10.6 Å². The van der Waals surface area contributed by atoms with Crippen LogP contribution in [-0.4, -0.2) is 270 Å². The molecule has 0 saturated carbocycles. The van der Waals surface area contributed by atoms with Gasteiger partial charge < -0.3 is 134 Å². The average Bonchev–Trinajstić information content (AvgIpc) is 3.28. The van der Waals surface area contributed by atoms with Crippen LogP contribution in [0, 0.1) is 0 Å². The van der Waals surface area contributed by atoms with Crippen molar-refractivity contribution in [3.05, 3.63) is 0 Å². The van der Waals surface area contributed by atoms with Gasteiger partial charge in [0.25, 0.3) is 0 Å². The van der Waals surface area contributed by atoms with Crippen LogP contribution in [0.2, 0.25) is 0 Å². The normalized spacial score (nSPS) is 45.5. The minimum absolute atomic E-state index is 0.00516. The van der Waals surface area contributed by atoms with Gasteiger partial charge in [0.1, 0.15) is 104 Å². The first-order valence-corrected chi connectivity index (χ1v) is 21.9. The van der Waals surface area contributed by atoms with Gasteiger partial charge in [0.05, 0.1) is 50.8 Å². The largest absolute Gasteiger partial charge is 0.544 e. The number of aliphatic hydroxyl groups is 13. The Bertz CT molecular complexity index is 1630. The lowest BCUT2D eigenvalue weighted by molar-refractivity contribution is -0.413. The van der Waals surface area contributed by atoms with Crippen molar-refractivity contribution < 1.29 is 133 Å². The van der Waals surface area contributed by atoms with E-state index in [4.69, 9.17) is 47.4 Å². The molecule has 68 heavy (non-hydrogen) atoms. The van der Waals surface area contributed by atoms with Crippen LogP contribution in [0.4, 0.5) is 0 Å². The number of hydrogen-bond acceptors (Lipinski definition) is 27. The maximum atomic E-state index is 13.0. The third-order valence-electron chi connectivity index (χ3n) is 12.2. The molecule has 5 rings (SSSR count). The number of carbonyl (C=O) groups is 3. The highest BCUT2D eigenvalue weighted by Gasteiger charge is 2.59. The van der Waals surface area contributed by atoms with Crippen molar-refractivity contribution >= 4 is 17.8 Å². The SMILES string of the molecule is CCO[C@@H]1O[C@H](CO)[C@H](O)[C@H](O[C@@H]2O[C@H](CO)[C@@H](O[C@@H]3O[C@H](CO)[C@H](O)[C@H](O[C@]4(C(=O)[O-])C[C@H](O)[C@@H](NC(C)=O)[C@H]([C@@H](O)[C@H](O)CO)O4)[C@H]3O)[C@H](O[C@H]3C[C@H](O)[C@H](O)[C@H](C)O3)[C@H]2NC(C)=O)[C@H]1O. The van der Waals surface area contributed by atoms with Crippen molar-refractivity contribution in [3.63, 3.8) is 0 Å². The standard InChI is InChI=1S/C39H66N2O27/c1-5-59-36-28(55)33(26(53)18(9-43)61-36)66-35-23(41-14(4)47)32(64-21-6-15(48)24(51)12(2)60-21)30(20(11-45)63-35)65-37-29(56)34(27(54)19(10-44)62-37)68-39(38(57)58)7-16(49)22(40-13(3)46)31(67-39)25(52)17(50)8-42/h12,15-37,42-45,48-56H,5-11H2,1-4H3,(H,40,46)(H,41,47)(H,57,58)/p-1/t12-,15-,16-,17+,18+,19+,20+,21-,22+,23+,24+,25-,26-,27-,28+,29+,30+,31+,32+,33-,34-,35-,36+,37-,39-/m0/s1. The fourth-order valence-electron chi connectivity index (χ4n) is 8.76. The second-order valence-corrected chi connectivity index (χ2v) is 17.1. The molecule has 394 valence electrons. The molecular formula is C39H65N2O27-. The van der Waals surface area contributed by atoms with Crippen LogP contribution in [0.5, 0.6) is 0 Å². The minimum Gasteiger partial charge on any atom is -0.544 e. The Morgan fingerprint density at radius 1 is 0.676 bits per heavy atom. The molecule has 5 saturated heterocycles. The summed E-state index contributed by atoms with van der Waals surface area (Å²) in [6.45, 7) is 0.979. The highest BCUT2D eigenvalue weighted by Crippen LogP contribution is 2.39. The maximum absolute atomic E-state index is 13.0. The van der Waals surface area contributed by atoms with Crippen LogP contribution >= 0.6 is 0 Å². The summed E-state index contributed by atoms with van der Waals surface area (Å²) >= 11 is 0. The molecule has 0 aromatic heterocycles. The lowest BCUT2D eigenvalue weighted by atomic mass is 9.88. The topological polar surface area (TPSA) is 454 Å². The van der Waals surface area contributed by atoms with Crippen molar-refractivity contribution in [1.29, 1.82) is 0 Å². The van der Waals surface area contributed by atoms with E-state index in [1.165, 1.54) is 6.92 Å². The van der Waals surface area contributed by atoms with Gasteiger partial charge in [0, 0.05) is 33.3 Å². The molecule has 5 aliphatic heterocycles. The molecule has 2 amide bonds. The van der Waals surface area contributed by atoms with Gasteiger partial charge >= 0.3 is 0 Å². The zero-order chi connectivity index (χ0) is 50.5. The number of ether oxygens (including phenoxy) is 10. The summed E-state index contributed by atoms with van der Waals surface area (Å²) in [4.78, 5) is 37.9. The Morgan fingerprint density at radius 3 is 1.76 bits per heavy atom. The summed E-state index contributed by atoms with van der Waals surface area (Å²) in [5.41, 5.74) is 0. The number of rotatable bonds is 19. The van der Waals surface area contributed by atoms with Crippen molar-refractivity contribution in [2.45, 2.75) is 193 Å². The fraction of sp³-hybridized carbons (Fsp3) is 0.923. The molecule has 29 nitrogen and oxygen atoms in total. The molecule has 0 unspecified atom stereocenters. The van der Waals surface area contributed by atoms with Crippen LogP contribution in [0.1, 0.15) is 40.5 Å². The smallest absolute Gasteiger partial charge is 0.217 e. The number of aliphatic carboxylic acids is 1. The van der Waals surface area contributed by atoms with E-state index in [-0.39, 0.29) is 6.61 Å². The van der Waals surface area contributed by atoms with Gasteiger partial charge in [-0.3, -0.25) is 9.59 Å². The Labute approximate surface area is 387 Å². The zero-order valence-corrected chi connectivity index (χ0v) is 37.3. The summed E-state index contributed by atoms with van der Waals surface area (Å²) in [5, 5.41) is 157. The number of nitrogens with one attached hydrogen (secondary N) is 2. The third-order valence-corrected chi connectivity index (χ3v) is 12.2. The first kappa shape index (κ1) is 56.4. The van der Waals surface area contributed by atoms with E-state index in [9.17, 15) is 85.9 Å². The monoisotopic (exact) mass is 993 g/mol. The van der Waals surface area contributed by atoms with E-state index in [1.54, 1.807) is 6.92 Å². The number of hydrogen-bond donors (Lipinski definition) is 15. The van der Waals surface area contributed by atoms with Gasteiger partial charge in [-0.05, 0) is 13.8 Å². The van der Waals surface area contributed by atoms with Crippen molar-refractivity contribution in [2.75, 3.05) is 33.0 Å². The third kappa shape index (κ3) is 12.4. The predicted octanol–water partition coefficient (Wildman–Crippen LogP) is -10.7. The van der Waals surface area contributed by atoms with E-state index in [0.29, 0.717) is 0 Å². The molecular weight excluding hydrogens is 928 g/mol. The quantitative estimate of drug-likeness (QED) is 0.0571. The lowest BCUT2D eigenvalue weighted by Crippen LogP contribution is -2.72. The first-order valence-electron chi connectivity index (χ1n) is 21.9. The molecule has 5 fully saturated rings. The maximum Gasteiger partial charge on any atom is 0.217 e. The molecule has 0 radical (unpaired) electrons. The van der Waals surface area contributed by atoms with Crippen LogP contribution < -0.4 is 15.7 Å². The number of aliphatic hydroxyl groups excluding tert-OH is 13. The summed E-state index contributed by atoms with van der Waals surface area (Å²) < 4.78 is 58.4. The van der Waals surface area contributed by atoms with Crippen LogP contribution in [-0.2, 0) is 61.8 Å². The first-order chi connectivity index (χ1) is 32.1. The van der Waals surface area contributed by atoms with E-state index >= 15 is 0 Å². The van der Waals surface area contributed by atoms with Gasteiger partial charge in [0.2, 0.25) is 17.6 Å². The van der Waals surface area contributed by atoms with Crippen molar-refractivity contribution in [3.8, 4) is 0 Å². The second-order valence-electron chi connectivity index (χ2n) is 17.1. The molecule has 0 bridgehead atoms. The molecule has 0 aromatic carbocycles. The second kappa shape index (κ2) is 24.3. The Kier molecular flexibility index (Phi) is 20.1. The van der Waals surface area contributed by atoms with Crippen LogP contribution in [0.25, 0.3) is 0 Å². The zero-order valence-electron chi connectivity index (χ0n) is 37.3. The fourth-order valence-corrected chi connectivity index (χ4v) is 8.76. The number of carboxylic acid groups (broad SMARTS) is 1. The van der Waals surface area contributed by atoms with E-state index < -0.39 is 210 Å². The highest BCUT2D eigenvalue weighted by molar-refractivity contribution is 5.75. The van der Waals surface area contributed by atoms with Gasteiger partial charge in [-0.15, -0.1) is 0 Å². The summed E-state index contributed by atoms with van der Waals surface area (Å²) in [5.74, 6) is -7.17. The molecule has 0 spiro atoms. The Balaban J connectivity index is 1.53. The summed E-state index contributed by atoms with van der Waals surface area (Å²) in [6, 6.07) is -3.32. The number of carbonyl (C=O) groups excluding carboxylic acids is 3. The average molecular weight is 994 g/mol. The predicted molar refractivity (Wildman–Crippen MR) is 211 cm³/mol. The lowest BCUT2D eigenvalue weighted by Gasteiger charge is -2.53. The van der Waals surface area contributed by atoms with E-state index in [1.807, 2.05) is 0 Å². The Morgan fingerprint density at radius 2 is 1.22 bits per heavy atom.